The molecule has 1 aliphatic carbocycles. The Kier molecular flexibility index (Phi) is 6.37. The van der Waals surface area contributed by atoms with Crippen molar-refractivity contribution in [1.29, 1.82) is 0 Å². The summed E-state index contributed by atoms with van der Waals surface area (Å²) in [7, 11) is 1.12. The highest BCUT2D eigenvalue weighted by atomic mass is 32.2. The molecule has 1 amide bonds. The van der Waals surface area contributed by atoms with Gasteiger partial charge in [0.2, 0.25) is 5.91 Å². The number of benzene rings is 1. The van der Waals surface area contributed by atoms with Gasteiger partial charge in [-0.3, -0.25) is 14.5 Å². The van der Waals surface area contributed by atoms with Gasteiger partial charge in [0.25, 0.3) is 0 Å². The standard InChI is InChI=1S/C25H36N2O5S/c1-26(2)25(20-6-4-3-5-7-20)10-8-23(9-11-25)18-21(28)27(19-23)15-12-24(22(29)30)13-16-33(31,32)17-14-24/h3-7H,8-19H2,1-2H3,(H,29,30). The molecule has 1 N–H and O–H groups in total. The number of likely N-dealkylation sites (tertiary alicyclic amines) is 1. The summed E-state index contributed by atoms with van der Waals surface area (Å²) in [4.78, 5) is 29.1. The van der Waals surface area contributed by atoms with E-state index in [-0.39, 0.29) is 41.2 Å². The van der Waals surface area contributed by atoms with Crippen LogP contribution in [0, 0.1) is 10.8 Å². The van der Waals surface area contributed by atoms with Crippen LogP contribution in [0.15, 0.2) is 30.3 Å². The van der Waals surface area contributed by atoms with E-state index in [0.717, 1.165) is 25.7 Å². The normalized spacial score (nSPS) is 28.3. The summed E-state index contributed by atoms with van der Waals surface area (Å²) in [5, 5.41) is 9.86. The van der Waals surface area contributed by atoms with Gasteiger partial charge in [0.1, 0.15) is 9.84 Å². The van der Waals surface area contributed by atoms with Gasteiger partial charge >= 0.3 is 5.97 Å². The minimum absolute atomic E-state index is 0.0239. The number of carboxylic acids is 1. The van der Waals surface area contributed by atoms with Crippen molar-refractivity contribution in [3.8, 4) is 0 Å². The van der Waals surface area contributed by atoms with Crippen molar-refractivity contribution in [2.75, 3.05) is 38.7 Å². The van der Waals surface area contributed by atoms with E-state index in [9.17, 15) is 23.1 Å². The van der Waals surface area contributed by atoms with E-state index in [1.165, 1.54) is 5.56 Å². The van der Waals surface area contributed by atoms with Gasteiger partial charge in [-0.1, -0.05) is 30.3 Å². The monoisotopic (exact) mass is 476 g/mol. The van der Waals surface area contributed by atoms with Crippen molar-refractivity contribution in [2.45, 2.75) is 56.9 Å². The van der Waals surface area contributed by atoms with Crippen molar-refractivity contribution in [1.82, 2.24) is 9.80 Å². The van der Waals surface area contributed by atoms with Crippen LogP contribution in [0.2, 0.25) is 0 Å². The number of rotatable bonds is 6. The SMILES string of the molecule is CN(C)C1(c2ccccc2)CCC2(CC1)CC(=O)N(CCC1(C(=O)O)CCS(=O)(=O)CC1)C2. The second-order valence-electron chi connectivity index (χ2n) is 10.8. The van der Waals surface area contributed by atoms with E-state index >= 15 is 0 Å². The molecule has 2 aliphatic heterocycles. The number of amides is 1. The van der Waals surface area contributed by atoms with E-state index < -0.39 is 21.2 Å². The Morgan fingerprint density at radius 1 is 1.03 bits per heavy atom. The maximum Gasteiger partial charge on any atom is 0.309 e. The first-order chi connectivity index (χ1) is 15.5. The molecule has 1 spiro atoms. The molecule has 1 saturated carbocycles. The Bertz CT molecular complexity index is 983. The minimum Gasteiger partial charge on any atom is -0.481 e. The second kappa shape index (κ2) is 8.69. The zero-order valence-electron chi connectivity index (χ0n) is 19.8. The highest BCUT2D eigenvalue weighted by Gasteiger charge is 2.51. The molecular formula is C25H36N2O5S. The van der Waals surface area contributed by atoms with Gasteiger partial charge in [0.05, 0.1) is 16.9 Å². The molecule has 0 unspecified atom stereocenters. The number of aliphatic carboxylic acids is 1. The van der Waals surface area contributed by atoms with Gasteiger partial charge in [-0.15, -0.1) is 0 Å². The molecular weight excluding hydrogens is 440 g/mol. The van der Waals surface area contributed by atoms with Crippen molar-refractivity contribution in [3.05, 3.63) is 35.9 Å². The first-order valence-corrected chi connectivity index (χ1v) is 13.8. The summed E-state index contributed by atoms with van der Waals surface area (Å²) in [5.41, 5.74) is 0.213. The molecule has 0 atom stereocenters. The third kappa shape index (κ3) is 4.56. The van der Waals surface area contributed by atoms with Crippen LogP contribution in [0.5, 0.6) is 0 Å². The lowest BCUT2D eigenvalue weighted by atomic mass is 9.64. The lowest BCUT2D eigenvalue weighted by Crippen LogP contribution is -2.47. The third-order valence-electron chi connectivity index (χ3n) is 8.81. The summed E-state index contributed by atoms with van der Waals surface area (Å²) in [6.07, 6.45) is 5.03. The zero-order valence-corrected chi connectivity index (χ0v) is 20.6. The highest BCUT2D eigenvalue weighted by Crippen LogP contribution is 2.52. The summed E-state index contributed by atoms with van der Waals surface area (Å²) in [6.45, 7) is 1.07. The van der Waals surface area contributed by atoms with Gasteiger partial charge in [0, 0.05) is 25.0 Å². The molecule has 1 aromatic rings. The molecule has 33 heavy (non-hydrogen) atoms. The lowest BCUT2D eigenvalue weighted by molar-refractivity contribution is -0.150. The Labute approximate surface area is 197 Å². The van der Waals surface area contributed by atoms with Gasteiger partial charge in [0.15, 0.2) is 0 Å². The highest BCUT2D eigenvalue weighted by molar-refractivity contribution is 7.91. The topological polar surface area (TPSA) is 95.0 Å². The Hall–Kier alpha value is -1.93. The average molecular weight is 477 g/mol. The van der Waals surface area contributed by atoms with Crippen molar-refractivity contribution in [2.24, 2.45) is 10.8 Å². The fourth-order valence-corrected chi connectivity index (χ4v) is 7.91. The number of hydrogen-bond acceptors (Lipinski definition) is 5. The lowest BCUT2D eigenvalue weighted by Gasteiger charge is -2.49. The number of sulfone groups is 1. The van der Waals surface area contributed by atoms with Gasteiger partial charge in [-0.25, -0.2) is 8.42 Å². The Balaban J connectivity index is 1.42. The van der Waals surface area contributed by atoms with Crippen LogP contribution in [-0.2, 0) is 25.0 Å². The molecule has 4 rings (SSSR count). The van der Waals surface area contributed by atoms with Gasteiger partial charge < -0.3 is 10.0 Å². The number of carboxylic acid groups (broad SMARTS) is 1. The number of hydrogen-bond donors (Lipinski definition) is 1. The molecule has 0 radical (unpaired) electrons. The summed E-state index contributed by atoms with van der Waals surface area (Å²) in [5.74, 6) is -0.988. The molecule has 7 nitrogen and oxygen atoms in total. The second-order valence-corrected chi connectivity index (χ2v) is 13.1. The molecule has 2 heterocycles. The molecule has 3 aliphatic rings. The molecule has 1 aromatic carbocycles. The van der Waals surface area contributed by atoms with Crippen LogP contribution in [0.3, 0.4) is 0 Å². The van der Waals surface area contributed by atoms with Crippen LogP contribution in [0.4, 0.5) is 0 Å². The van der Waals surface area contributed by atoms with Crippen LogP contribution in [0.25, 0.3) is 0 Å². The molecule has 8 heteroatoms. The Morgan fingerprint density at radius 3 is 2.18 bits per heavy atom. The zero-order chi connectivity index (χ0) is 23.9. The fourth-order valence-electron chi connectivity index (χ4n) is 6.31. The van der Waals surface area contributed by atoms with E-state index in [1.54, 1.807) is 0 Å². The summed E-state index contributed by atoms with van der Waals surface area (Å²) in [6, 6.07) is 10.6. The predicted molar refractivity (Wildman–Crippen MR) is 126 cm³/mol. The van der Waals surface area contributed by atoms with Gasteiger partial charge in [-0.05, 0) is 70.0 Å². The van der Waals surface area contributed by atoms with Crippen molar-refractivity contribution in [3.63, 3.8) is 0 Å². The average Bonchev–Trinajstić information content (AvgIpc) is 3.09. The number of nitrogens with zero attached hydrogens (tertiary/aromatic N) is 2. The third-order valence-corrected chi connectivity index (χ3v) is 10.5. The van der Waals surface area contributed by atoms with Crippen molar-refractivity contribution >= 4 is 21.7 Å². The van der Waals surface area contributed by atoms with Crippen molar-refractivity contribution < 1.29 is 23.1 Å². The number of carbonyl (C=O) groups excluding carboxylic acids is 1. The molecule has 182 valence electrons. The largest absolute Gasteiger partial charge is 0.481 e. The molecule has 3 fully saturated rings. The van der Waals surface area contributed by atoms with E-state index in [2.05, 4.69) is 43.3 Å². The molecule has 2 saturated heterocycles. The first-order valence-electron chi connectivity index (χ1n) is 12.0. The van der Waals surface area contributed by atoms with Crippen LogP contribution >= 0.6 is 0 Å². The fraction of sp³-hybridized carbons (Fsp3) is 0.680. The number of carbonyl (C=O) groups is 2. The Morgan fingerprint density at radius 2 is 1.64 bits per heavy atom. The van der Waals surface area contributed by atoms with Crippen LogP contribution in [-0.4, -0.2) is 73.9 Å². The quantitative estimate of drug-likeness (QED) is 0.678. The van der Waals surface area contributed by atoms with Crippen LogP contribution < -0.4 is 0 Å². The van der Waals surface area contributed by atoms with Crippen LogP contribution in [0.1, 0.15) is 56.9 Å². The first kappa shape index (κ1) is 24.2. The summed E-state index contributed by atoms with van der Waals surface area (Å²) >= 11 is 0. The van der Waals surface area contributed by atoms with Gasteiger partial charge in [-0.2, -0.15) is 0 Å². The van der Waals surface area contributed by atoms with E-state index in [1.807, 2.05) is 11.0 Å². The smallest absolute Gasteiger partial charge is 0.309 e. The summed E-state index contributed by atoms with van der Waals surface area (Å²) < 4.78 is 23.6. The maximum absolute atomic E-state index is 12.9. The van der Waals surface area contributed by atoms with E-state index in [0.29, 0.717) is 25.9 Å². The predicted octanol–water partition coefficient (Wildman–Crippen LogP) is 2.91. The minimum atomic E-state index is -3.15. The molecule has 0 bridgehead atoms. The maximum atomic E-state index is 12.9. The molecule has 0 aromatic heterocycles. The van der Waals surface area contributed by atoms with E-state index in [4.69, 9.17) is 0 Å².